The Labute approximate surface area is 143 Å². The quantitative estimate of drug-likeness (QED) is 0.899. The molecule has 130 valence electrons. The number of carbonyl (C=O) groups excluding carboxylic acids is 1. The Morgan fingerprint density at radius 3 is 2.46 bits per heavy atom. The van der Waals surface area contributed by atoms with E-state index in [1.807, 2.05) is 37.3 Å². The van der Waals surface area contributed by atoms with Crippen molar-refractivity contribution in [3.63, 3.8) is 0 Å². The highest BCUT2D eigenvalue weighted by atomic mass is 16.4. The summed E-state index contributed by atoms with van der Waals surface area (Å²) in [4.78, 5) is 26.3. The molecule has 0 spiro atoms. The Bertz CT molecular complexity index is 580. The lowest BCUT2D eigenvalue weighted by Crippen LogP contribution is -2.34. The average molecular weight is 329 g/mol. The maximum atomic E-state index is 12.8. The highest BCUT2D eigenvalue weighted by Gasteiger charge is 2.41. The zero-order valence-electron chi connectivity index (χ0n) is 14.4. The van der Waals surface area contributed by atoms with E-state index in [1.54, 1.807) is 4.90 Å². The fraction of sp³-hybridized carbons (Fsp3) is 0.600. The maximum absolute atomic E-state index is 12.8. The molecule has 3 atom stereocenters. The van der Waals surface area contributed by atoms with Crippen molar-refractivity contribution >= 4 is 11.9 Å². The van der Waals surface area contributed by atoms with Crippen LogP contribution in [0.4, 0.5) is 0 Å². The number of hydrogen-bond donors (Lipinski definition) is 1. The molecule has 0 aromatic heterocycles. The van der Waals surface area contributed by atoms with Crippen molar-refractivity contribution in [2.45, 2.75) is 44.9 Å². The van der Waals surface area contributed by atoms with Gasteiger partial charge in [0.25, 0.3) is 0 Å². The summed E-state index contributed by atoms with van der Waals surface area (Å²) >= 11 is 0. The second-order valence-corrected chi connectivity index (χ2v) is 7.49. The zero-order valence-corrected chi connectivity index (χ0v) is 14.4. The van der Waals surface area contributed by atoms with Crippen LogP contribution in [0.1, 0.15) is 50.5 Å². The van der Waals surface area contributed by atoms with Gasteiger partial charge >= 0.3 is 5.97 Å². The summed E-state index contributed by atoms with van der Waals surface area (Å²) in [5.41, 5.74) is 1.02. The van der Waals surface area contributed by atoms with Gasteiger partial charge in [0.1, 0.15) is 0 Å². The van der Waals surface area contributed by atoms with Crippen LogP contribution in [0.15, 0.2) is 30.3 Å². The first-order valence-electron chi connectivity index (χ1n) is 9.12. The van der Waals surface area contributed by atoms with E-state index in [0.29, 0.717) is 19.0 Å². The van der Waals surface area contributed by atoms with E-state index in [1.165, 1.54) is 25.7 Å². The van der Waals surface area contributed by atoms with Gasteiger partial charge in [0.15, 0.2) is 0 Å². The third kappa shape index (κ3) is 3.63. The Balaban J connectivity index is 1.68. The van der Waals surface area contributed by atoms with Crippen LogP contribution in [0.5, 0.6) is 0 Å². The third-order valence-electron chi connectivity index (χ3n) is 5.76. The van der Waals surface area contributed by atoms with Crippen LogP contribution in [-0.2, 0) is 9.59 Å². The molecular formula is C20H27NO3. The van der Waals surface area contributed by atoms with Crippen LogP contribution in [0, 0.1) is 17.8 Å². The molecular weight excluding hydrogens is 302 g/mol. The summed E-state index contributed by atoms with van der Waals surface area (Å²) < 4.78 is 0. The van der Waals surface area contributed by atoms with Crippen LogP contribution >= 0.6 is 0 Å². The summed E-state index contributed by atoms with van der Waals surface area (Å²) in [6, 6.07) is 9.73. The predicted molar refractivity (Wildman–Crippen MR) is 92.6 cm³/mol. The van der Waals surface area contributed by atoms with Gasteiger partial charge < -0.3 is 10.0 Å². The summed E-state index contributed by atoms with van der Waals surface area (Å²) in [7, 11) is 0. The Morgan fingerprint density at radius 2 is 1.83 bits per heavy atom. The Hall–Kier alpha value is -1.84. The summed E-state index contributed by atoms with van der Waals surface area (Å²) in [6.07, 6.45) is 5.99. The van der Waals surface area contributed by atoms with Crippen molar-refractivity contribution < 1.29 is 14.7 Å². The fourth-order valence-corrected chi connectivity index (χ4v) is 4.43. The Morgan fingerprint density at radius 1 is 1.17 bits per heavy atom. The number of amides is 1. The van der Waals surface area contributed by atoms with Crippen molar-refractivity contribution in [1.82, 2.24) is 4.90 Å². The molecule has 1 amide bonds. The maximum Gasteiger partial charge on any atom is 0.308 e. The van der Waals surface area contributed by atoms with Crippen LogP contribution in [0.2, 0.25) is 0 Å². The second kappa shape index (κ2) is 7.37. The number of aliphatic carboxylic acids is 1. The molecule has 1 N–H and O–H groups in total. The number of rotatable bonds is 5. The van der Waals surface area contributed by atoms with Gasteiger partial charge in [-0.25, -0.2) is 0 Å². The SMILES string of the molecule is CC(CC1CCCC1)C(=O)N1C[C@H](C(=O)O)[C@H](c2ccccc2)C1. The molecule has 3 rings (SSSR count). The number of carboxylic acids is 1. The van der Waals surface area contributed by atoms with Crippen molar-refractivity contribution in [2.75, 3.05) is 13.1 Å². The molecule has 4 heteroatoms. The van der Waals surface area contributed by atoms with Gasteiger partial charge in [0, 0.05) is 24.9 Å². The molecule has 1 saturated carbocycles. The van der Waals surface area contributed by atoms with Crippen LogP contribution in [0.3, 0.4) is 0 Å². The molecule has 1 heterocycles. The number of benzene rings is 1. The fourth-order valence-electron chi connectivity index (χ4n) is 4.43. The second-order valence-electron chi connectivity index (χ2n) is 7.49. The highest BCUT2D eigenvalue weighted by Crippen LogP contribution is 2.35. The normalized spacial score (nSPS) is 25.8. The van der Waals surface area contributed by atoms with Gasteiger partial charge in [-0.05, 0) is 17.9 Å². The van der Waals surface area contributed by atoms with Crippen molar-refractivity contribution in [3.05, 3.63) is 35.9 Å². The molecule has 0 bridgehead atoms. The predicted octanol–water partition coefficient (Wildman–Crippen LogP) is 3.53. The zero-order chi connectivity index (χ0) is 17.1. The van der Waals surface area contributed by atoms with Gasteiger partial charge in [-0.3, -0.25) is 9.59 Å². The molecule has 1 saturated heterocycles. The van der Waals surface area contributed by atoms with E-state index < -0.39 is 11.9 Å². The molecule has 0 radical (unpaired) electrons. The van der Waals surface area contributed by atoms with Gasteiger partial charge in [0.05, 0.1) is 5.92 Å². The molecule has 2 fully saturated rings. The molecule has 24 heavy (non-hydrogen) atoms. The molecule has 1 aliphatic carbocycles. The minimum absolute atomic E-state index is 0.00271. The van der Waals surface area contributed by atoms with Crippen molar-refractivity contribution in [1.29, 1.82) is 0 Å². The number of likely N-dealkylation sites (tertiary alicyclic amines) is 1. The van der Waals surface area contributed by atoms with Crippen molar-refractivity contribution in [3.8, 4) is 0 Å². The molecule has 1 unspecified atom stereocenters. The first kappa shape index (κ1) is 17.0. The van der Waals surface area contributed by atoms with Gasteiger partial charge in [0.2, 0.25) is 5.91 Å². The van der Waals surface area contributed by atoms with Crippen LogP contribution < -0.4 is 0 Å². The monoisotopic (exact) mass is 329 g/mol. The molecule has 2 aliphatic rings. The lowest BCUT2D eigenvalue weighted by Gasteiger charge is -2.23. The van der Waals surface area contributed by atoms with Crippen LogP contribution in [0.25, 0.3) is 0 Å². The minimum Gasteiger partial charge on any atom is -0.481 e. The third-order valence-corrected chi connectivity index (χ3v) is 5.76. The van der Waals surface area contributed by atoms with E-state index in [0.717, 1.165) is 12.0 Å². The molecule has 4 nitrogen and oxygen atoms in total. The lowest BCUT2D eigenvalue weighted by atomic mass is 9.89. The van der Waals surface area contributed by atoms with Gasteiger partial charge in [-0.15, -0.1) is 0 Å². The largest absolute Gasteiger partial charge is 0.481 e. The summed E-state index contributed by atoms with van der Waals surface area (Å²) in [6.45, 7) is 2.86. The number of hydrogen-bond acceptors (Lipinski definition) is 2. The van der Waals surface area contributed by atoms with E-state index in [9.17, 15) is 14.7 Å². The van der Waals surface area contributed by atoms with E-state index in [4.69, 9.17) is 0 Å². The van der Waals surface area contributed by atoms with Gasteiger partial charge in [-0.2, -0.15) is 0 Å². The first-order chi connectivity index (χ1) is 11.6. The first-order valence-corrected chi connectivity index (χ1v) is 9.12. The molecule has 1 aromatic rings. The smallest absolute Gasteiger partial charge is 0.308 e. The average Bonchev–Trinajstić information content (AvgIpc) is 3.24. The number of carbonyl (C=O) groups is 2. The molecule has 1 aromatic carbocycles. The van der Waals surface area contributed by atoms with Crippen LogP contribution in [-0.4, -0.2) is 35.0 Å². The van der Waals surface area contributed by atoms with E-state index in [-0.39, 0.29) is 17.7 Å². The van der Waals surface area contributed by atoms with E-state index >= 15 is 0 Å². The number of carboxylic acid groups (broad SMARTS) is 1. The Kier molecular flexibility index (Phi) is 5.22. The summed E-state index contributed by atoms with van der Waals surface area (Å²) in [5, 5.41) is 9.57. The summed E-state index contributed by atoms with van der Waals surface area (Å²) in [5.74, 6) is -0.612. The molecule has 1 aliphatic heterocycles. The highest BCUT2D eigenvalue weighted by molar-refractivity contribution is 5.81. The van der Waals surface area contributed by atoms with Gasteiger partial charge in [-0.1, -0.05) is 62.9 Å². The van der Waals surface area contributed by atoms with E-state index in [2.05, 4.69) is 0 Å². The van der Waals surface area contributed by atoms with Crippen molar-refractivity contribution in [2.24, 2.45) is 17.8 Å². The minimum atomic E-state index is -0.803. The lowest BCUT2D eigenvalue weighted by molar-refractivity contribution is -0.142. The topological polar surface area (TPSA) is 57.6 Å². The number of nitrogens with zero attached hydrogens (tertiary/aromatic N) is 1. The standard InChI is InChI=1S/C20H27NO3/c1-14(11-15-7-5-6-8-15)19(22)21-12-17(18(13-21)20(23)24)16-9-3-2-4-10-16/h2-4,9-10,14-15,17-18H,5-8,11-13H2,1H3,(H,23,24)/t14?,17-,18-/m0/s1.